The Hall–Kier alpha value is -1.70. The molecular weight excluding hydrogens is 277 g/mol. The van der Waals surface area contributed by atoms with Gasteiger partial charge in [-0.15, -0.1) is 0 Å². The summed E-state index contributed by atoms with van der Waals surface area (Å²) in [4.78, 5) is 0. The van der Waals surface area contributed by atoms with Crippen LogP contribution in [0.4, 0.5) is 5.69 Å². The number of halogens is 2. The summed E-state index contributed by atoms with van der Waals surface area (Å²) in [5, 5.41) is 3.54. The molecule has 0 bridgehead atoms. The maximum atomic E-state index is 6.04. The van der Waals surface area contributed by atoms with Crippen molar-refractivity contribution in [3.05, 3.63) is 64.6 Å². The van der Waals surface area contributed by atoms with Gasteiger partial charge in [0.1, 0.15) is 0 Å². The Morgan fingerprint density at radius 2 is 1.26 bits per heavy atom. The summed E-state index contributed by atoms with van der Waals surface area (Å²) in [6.07, 6.45) is 0. The van der Waals surface area contributed by atoms with Gasteiger partial charge in [0, 0.05) is 15.7 Å². The van der Waals surface area contributed by atoms with Crippen molar-refractivity contribution in [2.75, 3.05) is 5.73 Å². The standard InChI is InChI=1S/C16H11Cl2N/c17-14-6-13(7-15(18)9-14)11-1-2-12-8-16(19)4-3-10(12)5-11/h1-9H,19H2. The van der Waals surface area contributed by atoms with E-state index in [2.05, 4.69) is 12.1 Å². The molecular formula is C16H11Cl2N. The molecule has 0 aliphatic carbocycles. The number of hydrogen-bond acceptors (Lipinski definition) is 1. The van der Waals surface area contributed by atoms with E-state index in [1.807, 2.05) is 36.4 Å². The fraction of sp³-hybridized carbons (Fsp3) is 0. The van der Waals surface area contributed by atoms with Crippen LogP contribution >= 0.6 is 23.2 Å². The van der Waals surface area contributed by atoms with Crippen LogP contribution in [-0.2, 0) is 0 Å². The molecule has 19 heavy (non-hydrogen) atoms. The predicted molar refractivity (Wildman–Crippen MR) is 83.8 cm³/mol. The number of nitrogen functional groups attached to an aromatic ring is 1. The molecule has 1 nitrogen and oxygen atoms in total. The summed E-state index contributed by atoms with van der Waals surface area (Å²) in [5.41, 5.74) is 8.64. The monoisotopic (exact) mass is 287 g/mol. The van der Waals surface area contributed by atoms with Crippen LogP contribution in [0, 0.1) is 0 Å². The van der Waals surface area contributed by atoms with Gasteiger partial charge in [0.15, 0.2) is 0 Å². The van der Waals surface area contributed by atoms with Crippen LogP contribution < -0.4 is 5.73 Å². The largest absolute Gasteiger partial charge is 0.399 e. The van der Waals surface area contributed by atoms with Gasteiger partial charge in [0.25, 0.3) is 0 Å². The summed E-state index contributed by atoms with van der Waals surface area (Å²) < 4.78 is 0. The number of anilines is 1. The lowest BCUT2D eigenvalue weighted by molar-refractivity contribution is 1.64. The molecule has 0 fully saturated rings. The van der Waals surface area contributed by atoms with E-state index in [4.69, 9.17) is 28.9 Å². The maximum absolute atomic E-state index is 6.04. The van der Waals surface area contributed by atoms with Gasteiger partial charge in [-0.1, -0.05) is 41.4 Å². The van der Waals surface area contributed by atoms with Gasteiger partial charge < -0.3 is 5.73 Å². The molecule has 0 aliphatic heterocycles. The van der Waals surface area contributed by atoms with E-state index < -0.39 is 0 Å². The third-order valence-corrected chi connectivity index (χ3v) is 3.50. The maximum Gasteiger partial charge on any atom is 0.0426 e. The minimum absolute atomic E-state index is 0.639. The number of nitrogens with two attached hydrogens (primary N) is 1. The number of hydrogen-bond donors (Lipinski definition) is 1. The van der Waals surface area contributed by atoms with E-state index in [1.165, 1.54) is 0 Å². The van der Waals surface area contributed by atoms with E-state index in [1.54, 1.807) is 6.07 Å². The van der Waals surface area contributed by atoms with Crippen molar-refractivity contribution >= 4 is 39.7 Å². The van der Waals surface area contributed by atoms with E-state index >= 15 is 0 Å². The van der Waals surface area contributed by atoms with Crippen LogP contribution in [-0.4, -0.2) is 0 Å². The van der Waals surface area contributed by atoms with Crippen molar-refractivity contribution in [2.24, 2.45) is 0 Å². The molecule has 0 amide bonds. The zero-order valence-electron chi connectivity index (χ0n) is 10.0. The molecule has 0 spiro atoms. The summed E-state index contributed by atoms with van der Waals surface area (Å²) in [5.74, 6) is 0. The van der Waals surface area contributed by atoms with Gasteiger partial charge in [0.2, 0.25) is 0 Å². The first-order valence-electron chi connectivity index (χ1n) is 5.87. The topological polar surface area (TPSA) is 26.0 Å². The predicted octanol–water partition coefficient (Wildman–Crippen LogP) is 5.40. The molecule has 3 aromatic carbocycles. The van der Waals surface area contributed by atoms with E-state index in [9.17, 15) is 0 Å². The second-order valence-corrected chi connectivity index (χ2v) is 5.35. The first-order chi connectivity index (χ1) is 9.11. The van der Waals surface area contributed by atoms with Crippen LogP contribution in [0.15, 0.2) is 54.6 Å². The zero-order valence-corrected chi connectivity index (χ0v) is 11.5. The van der Waals surface area contributed by atoms with Crippen molar-refractivity contribution in [1.29, 1.82) is 0 Å². The Morgan fingerprint density at radius 1 is 0.632 bits per heavy atom. The van der Waals surface area contributed by atoms with Gasteiger partial charge >= 0.3 is 0 Å². The first kappa shape index (κ1) is 12.3. The average Bonchev–Trinajstić information content (AvgIpc) is 2.37. The zero-order chi connectivity index (χ0) is 13.4. The van der Waals surface area contributed by atoms with Crippen LogP contribution in [0.2, 0.25) is 10.0 Å². The normalized spacial score (nSPS) is 10.8. The molecule has 0 radical (unpaired) electrons. The highest BCUT2D eigenvalue weighted by Gasteiger charge is 2.03. The molecule has 2 N–H and O–H groups in total. The molecule has 0 aliphatic rings. The highest BCUT2D eigenvalue weighted by molar-refractivity contribution is 6.35. The fourth-order valence-corrected chi connectivity index (χ4v) is 2.69. The number of rotatable bonds is 1. The van der Waals surface area contributed by atoms with Crippen molar-refractivity contribution in [3.63, 3.8) is 0 Å². The second-order valence-electron chi connectivity index (χ2n) is 4.48. The SMILES string of the molecule is Nc1ccc2cc(-c3cc(Cl)cc(Cl)c3)ccc2c1. The van der Waals surface area contributed by atoms with Crippen molar-refractivity contribution in [2.45, 2.75) is 0 Å². The lowest BCUT2D eigenvalue weighted by atomic mass is 10.0. The van der Waals surface area contributed by atoms with Gasteiger partial charge in [0.05, 0.1) is 0 Å². The highest BCUT2D eigenvalue weighted by Crippen LogP contribution is 2.29. The van der Waals surface area contributed by atoms with Crippen molar-refractivity contribution < 1.29 is 0 Å². The van der Waals surface area contributed by atoms with Crippen molar-refractivity contribution in [1.82, 2.24) is 0 Å². The Balaban J connectivity index is 2.17. The Kier molecular flexibility index (Phi) is 3.09. The third kappa shape index (κ3) is 2.53. The summed E-state index contributed by atoms with van der Waals surface area (Å²) in [6, 6.07) is 17.6. The summed E-state index contributed by atoms with van der Waals surface area (Å²) in [6.45, 7) is 0. The molecule has 94 valence electrons. The average molecular weight is 288 g/mol. The molecule has 0 atom stereocenters. The molecule has 3 aromatic rings. The fourth-order valence-electron chi connectivity index (χ4n) is 2.16. The lowest BCUT2D eigenvalue weighted by Crippen LogP contribution is -1.84. The van der Waals surface area contributed by atoms with Crippen LogP contribution in [0.25, 0.3) is 21.9 Å². The van der Waals surface area contributed by atoms with Gasteiger partial charge in [-0.2, -0.15) is 0 Å². The minimum atomic E-state index is 0.639. The first-order valence-corrected chi connectivity index (χ1v) is 6.63. The second kappa shape index (κ2) is 4.76. The van der Waals surface area contributed by atoms with Crippen molar-refractivity contribution in [3.8, 4) is 11.1 Å². The number of benzene rings is 3. The molecule has 0 saturated carbocycles. The Bertz CT molecular complexity index is 746. The molecule has 0 unspecified atom stereocenters. The van der Waals surface area contributed by atoms with Crippen LogP contribution in [0.3, 0.4) is 0 Å². The minimum Gasteiger partial charge on any atom is -0.399 e. The molecule has 0 aromatic heterocycles. The summed E-state index contributed by atoms with van der Waals surface area (Å²) >= 11 is 12.1. The molecule has 0 saturated heterocycles. The molecule has 0 heterocycles. The van der Waals surface area contributed by atoms with E-state index in [0.717, 1.165) is 27.6 Å². The Morgan fingerprint density at radius 3 is 2.00 bits per heavy atom. The molecule has 3 rings (SSSR count). The lowest BCUT2D eigenvalue weighted by Gasteiger charge is -2.06. The quantitative estimate of drug-likeness (QED) is 0.596. The van der Waals surface area contributed by atoms with Gasteiger partial charge in [-0.05, 0) is 58.3 Å². The summed E-state index contributed by atoms with van der Waals surface area (Å²) in [7, 11) is 0. The number of fused-ring (bicyclic) bond motifs is 1. The van der Waals surface area contributed by atoms with Gasteiger partial charge in [-0.3, -0.25) is 0 Å². The van der Waals surface area contributed by atoms with E-state index in [-0.39, 0.29) is 0 Å². The van der Waals surface area contributed by atoms with Crippen LogP contribution in [0.5, 0.6) is 0 Å². The smallest absolute Gasteiger partial charge is 0.0426 e. The van der Waals surface area contributed by atoms with Crippen LogP contribution in [0.1, 0.15) is 0 Å². The van der Waals surface area contributed by atoms with E-state index in [0.29, 0.717) is 10.0 Å². The molecule has 3 heteroatoms. The highest BCUT2D eigenvalue weighted by atomic mass is 35.5. The van der Waals surface area contributed by atoms with Gasteiger partial charge in [-0.25, -0.2) is 0 Å². The Labute approximate surface area is 121 Å². The third-order valence-electron chi connectivity index (χ3n) is 3.06.